The third kappa shape index (κ3) is 2.83. The van der Waals surface area contributed by atoms with Gasteiger partial charge in [-0.25, -0.2) is 0 Å². The number of hydrogen-bond acceptors (Lipinski definition) is 6. The Morgan fingerprint density at radius 3 is 2.67 bits per heavy atom. The van der Waals surface area contributed by atoms with Gasteiger partial charge in [0.25, 0.3) is 0 Å². The SMILES string of the molecule is C[C@]1(C(=O)[O-])CSC(c2ccc(O)cc2O)=N1.[Na+]. The van der Waals surface area contributed by atoms with Crippen LogP contribution in [0.15, 0.2) is 23.2 Å². The first-order valence-electron chi connectivity index (χ1n) is 4.89. The van der Waals surface area contributed by atoms with Crippen molar-refractivity contribution in [2.75, 3.05) is 5.75 Å². The van der Waals surface area contributed by atoms with Gasteiger partial charge in [-0.05, 0) is 19.1 Å². The van der Waals surface area contributed by atoms with E-state index < -0.39 is 11.5 Å². The molecule has 90 valence electrons. The minimum Gasteiger partial charge on any atom is -0.547 e. The zero-order valence-electron chi connectivity index (χ0n) is 10.0. The van der Waals surface area contributed by atoms with Gasteiger partial charge in [0.2, 0.25) is 0 Å². The Labute approximate surface area is 130 Å². The quantitative estimate of drug-likeness (QED) is 0.565. The predicted octanol–water partition coefficient (Wildman–Crippen LogP) is -2.90. The van der Waals surface area contributed by atoms with Gasteiger partial charge in [0.1, 0.15) is 22.1 Å². The molecule has 0 unspecified atom stereocenters. The Balaban J connectivity index is 0.00000162. The number of nitrogens with zero attached hydrogens (tertiary/aromatic N) is 1. The smallest absolute Gasteiger partial charge is 0.547 e. The summed E-state index contributed by atoms with van der Waals surface area (Å²) in [4.78, 5) is 15.0. The van der Waals surface area contributed by atoms with Crippen molar-refractivity contribution in [2.45, 2.75) is 12.5 Å². The van der Waals surface area contributed by atoms with E-state index in [0.717, 1.165) is 0 Å². The van der Waals surface area contributed by atoms with E-state index in [1.165, 1.54) is 36.9 Å². The molecule has 2 N–H and O–H groups in total. The number of thioether (sulfide) groups is 1. The fraction of sp³-hybridized carbons (Fsp3) is 0.273. The van der Waals surface area contributed by atoms with Gasteiger partial charge in [0.15, 0.2) is 0 Å². The number of aliphatic carboxylic acids is 1. The first kappa shape index (κ1) is 15.4. The van der Waals surface area contributed by atoms with Crippen LogP contribution in [0.5, 0.6) is 11.5 Å². The summed E-state index contributed by atoms with van der Waals surface area (Å²) in [7, 11) is 0. The number of carbonyl (C=O) groups is 1. The molecule has 1 aromatic carbocycles. The maximum absolute atomic E-state index is 10.9. The van der Waals surface area contributed by atoms with Crippen LogP contribution in [0, 0.1) is 0 Å². The molecular formula is C11H10NNaO4S. The summed E-state index contributed by atoms with van der Waals surface area (Å²) < 4.78 is 0. The Morgan fingerprint density at radius 1 is 1.50 bits per heavy atom. The largest absolute Gasteiger partial charge is 1.00 e. The van der Waals surface area contributed by atoms with E-state index in [2.05, 4.69) is 4.99 Å². The molecule has 7 heteroatoms. The maximum atomic E-state index is 10.9. The fourth-order valence-electron chi connectivity index (χ4n) is 1.44. The molecule has 1 aliphatic heterocycles. The average Bonchev–Trinajstić information content (AvgIpc) is 2.62. The van der Waals surface area contributed by atoms with Crippen molar-refractivity contribution in [1.82, 2.24) is 0 Å². The number of rotatable bonds is 2. The maximum Gasteiger partial charge on any atom is 1.00 e. The second kappa shape index (κ2) is 5.52. The summed E-state index contributed by atoms with van der Waals surface area (Å²) >= 11 is 1.24. The minimum atomic E-state index is -1.26. The van der Waals surface area contributed by atoms with E-state index in [-0.39, 0.29) is 46.8 Å². The number of phenols is 2. The van der Waals surface area contributed by atoms with Crippen molar-refractivity contribution >= 4 is 22.8 Å². The molecule has 1 aromatic rings. The molecule has 0 aromatic heterocycles. The monoisotopic (exact) mass is 275 g/mol. The summed E-state index contributed by atoms with van der Waals surface area (Å²) in [5.74, 6) is -1.15. The Hall–Kier alpha value is -0.690. The van der Waals surface area contributed by atoms with Crippen molar-refractivity contribution in [3.8, 4) is 11.5 Å². The van der Waals surface area contributed by atoms with Crippen LogP contribution in [0.2, 0.25) is 0 Å². The molecule has 18 heavy (non-hydrogen) atoms. The van der Waals surface area contributed by atoms with E-state index in [4.69, 9.17) is 5.11 Å². The standard InChI is InChI=1S/C11H11NO4S.Na/c1-11(10(15)16)5-17-9(12-11)7-3-2-6(13)4-8(7)14;/h2-4,13-14H,5H2,1H3,(H,15,16);/q;+1/p-1/t11-;/m1./s1. The Bertz CT molecular complexity index is 520. The van der Waals surface area contributed by atoms with Crippen LogP contribution in [-0.4, -0.2) is 32.5 Å². The molecule has 0 aliphatic carbocycles. The molecule has 1 aliphatic rings. The molecule has 0 amide bonds. The summed E-state index contributed by atoms with van der Waals surface area (Å²) in [6, 6.07) is 4.09. The second-order valence-electron chi connectivity index (χ2n) is 3.97. The predicted molar refractivity (Wildman–Crippen MR) is 62.2 cm³/mol. The van der Waals surface area contributed by atoms with Crippen LogP contribution in [0.1, 0.15) is 12.5 Å². The molecule has 1 atom stereocenters. The van der Waals surface area contributed by atoms with Crippen LogP contribution < -0.4 is 34.7 Å². The van der Waals surface area contributed by atoms with Gasteiger partial charge in [-0.1, -0.05) is 0 Å². The third-order valence-electron chi connectivity index (χ3n) is 2.49. The number of carboxylic acids is 1. The fourth-order valence-corrected chi connectivity index (χ4v) is 2.64. The number of hydrogen-bond donors (Lipinski definition) is 2. The van der Waals surface area contributed by atoms with Crippen molar-refractivity contribution < 1.29 is 49.7 Å². The topological polar surface area (TPSA) is 93.0 Å². The molecule has 1 heterocycles. The third-order valence-corrected chi connectivity index (χ3v) is 3.78. The van der Waals surface area contributed by atoms with Gasteiger partial charge in [0.05, 0.1) is 5.97 Å². The van der Waals surface area contributed by atoms with E-state index in [0.29, 0.717) is 10.6 Å². The normalized spacial score (nSPS) is 22.2. The number of phenolic OH excluding ortho intramolecular Hbond substituents is 2. The number of carbonyl (C=O) groups excluding carboxylic acids is 1. The first-order valence-corrected chi connectivity index (χ1v) is 5.87. The number of benzene rings is 1. The summed E-state index contributed by atoms with van der Waals surface area (Å²) in [5.41, 5.74) is -0.845. The number of carboxylic acid groups (broad SMARTS) is 1. The summed E-state index contributed by atoms with van der Waals surface area (Å²) in [6.07, 6.45) is 0. The summed E-state index contributed by atoms with van der Waals surface area (Å²) in [5, 5.41) is 30.1. The average molecular weight is 275 g/mol. The number of aliphatic imine (C=N–C) groups is 1. The van der Waals surface area contributed by atoms with Gasteiger partial charge in [0, 0.05) is 17.4 Å². The zero-order chi connectivity index (χ0) is 12.6. The van der Waals surface area contributed by atoms with Crippen LogP contribution in [-0.2, 0) is 4.79 Å². The first-order chi connectivity index (χ1) is 7.92. The van der Waals surface area contributed by atoms with Crippen LogP contribution in [0.4, 0.5) is 0 Å². The molecule has 5 nitrogen and oxygen atoms in total. The van der Waals surface area contributed by atoms with Crippen LogP contribution in [0.3, 0.4) is 0 Å². The van der Waals surface area contributed by atoms with Gasteiger partial charge < -0.3 is 20.1 Å². The summed E-state index contributed by atoms with van der Waals surface area (Å²) in [6.45, 7) is 1.47. The van der Waals surface area contributed by atoms with E-state index in [1.807, 2.05) is 0 Å². The van der Waals surface area contributed by atoms with Crippen LogP contribution >= 0.6 is 11.8 Å². The van der Waals surface area contributed by atoms with Crippen molar-refractivity contribution in [3.05, 3.63) is 23.8 Å². The van der Waals surface area contributed by atoms with Gasteiger partial charge in [-0.2, -0.15) is 0 Å². The van der Waals surface area contributed by atoms with Crippen LogP contribution in [0.25, 0.3) is 0 Å². The van der Waals surface area contributed by atoms with Crippen molar-refractivity contribution in [3.63, 3.8) is 0 Å². The molecule has 0 saturated carbocycles. The second-order valence-corrected chi connectivity index (χ2v) is 4.93. The van der Waals surface area contributed by atoms with E-state index in [9.17, 15) is 15.0 Å². The molecule has 0 fully saturated rings. The van der Waals surface area contributed by atoms with Gasteiger partial charge >= 0.3 is 29.6 Å². The Kier molecular flexibility index (Phi) is 4.72. The van der Waals surface area contributed by atoms with Gasteiger partial charge in [-0.3, -0.25) is 4.99 Å². The molecule has 0 radical (unpaired) electrons. The Morgan fingerprint density at radius 2 is 2.17 bits per heavy atom. The van der Waals surface area contributed by atoms with Crippen molar-refractivity contribution in [1.29, 1.82) is 0 Å². The zero-order valence-corrected chi connectivity index (χ0v) is 12.8. The molecule has 0 spiro atoms. The molecule has 0 saturated heterocycles. The molecule has 0 bridgehead atoms. The molecule has 2 rings (SSSR count). The van der Waals surface area contributed by atoms with E-state index >= 15 is 0 Å². The van der Waals surface area contributed by atoms with E-state index in [1.54, 1.807) is 0 Å². The number of aromatic hydroxyl groups is 2. The minimum absolute atomic E-state index is 0. The van der Waals surface area contributed by atoms with Gasteiger partial charge in [-0.15, -0.1) is 11.8 Å². The molecular weight excluding hydrogens is 265 g/mol. The van der Waals surface area contributed by atoms with Crippen molar-refractivity contribution in [2.24, 2.45) is 4.99 Å².